The van der Waals surface area contributed by atoms with E-state index in [-0.39, 0.29) is 28.6 Å². The minimum atomic E-state index is -3.90. The van der Waals surface area contributed by atoms with Crippen LogP contribution in [-0.2, 0) is 19.6 Å². The first kappa shape index (κ1) is 20.7. The van der Waals surface area contributed by atoms with Crippen molar-refractivity contribution in [2.75, 3.05) is 4.90 Å². The molecule has 1 aromatic heterocycles. The van der Waals surface area contributed by atoms with E-state index < -0.39 is 27.7 Å². The Morgan fingerprint density at radius 3 is 2.28 bits per heavy atom. The predicted octanol–water partition coefficient (Wildman–Crippen LogP) is 2.24. The van der Waals surface area contributed by atoms with Gasteiger partial charge in [-0.25, -0.2) is 13.6 Å². The van der Waals surface area contributed by atoms with E-state index in [1.807, 2.05) is 13.8 Å². The van der Waals surface area contributed by atoms with Crippen molar-refractivity contribution >= 4 is 27.4 Å². The molecule has 29 heavy (non-hydrogen) atoms. The molecule has 152 valence electrons. The maximum Gasteiger partial charge on any atom is 0.294 e. The zero-order chi connectivity index (χ0) is 21.3. The van der Waals surface area contributed by atoms with E-state index in [4.69, 9.17) is 5.14 Å². The van der Waals surface area contributed by atoms with Crippen LogP contribution in [0.5, 0.6) is 0 Å². The van der Waals surface area contributed by atoms with Gasteiger partial charge in [0, 0.05) is 24.5 Å². The van der Waals surface area contributed by atoms with Gasteiger partial charge in [-0.1, -0.05) is 13.8 Å². The molecule has 2 aromatic rings. The van der Waals surface area contributed by atoms with Gasteiger partial charge in [0.2, 0.25) is 10.0 Å². The highest BCUT2D eigenvalue weighted by Crippen LogP contribution is 2.41. The van der Waals surface area contributed by atoms with Crippen LogP contribution in [0.3, 0.4) is 0 Å². The van der Waals surface area contributed by atoms with Gasteiger partial charge in [-0.3, -0.25) is 19.5 Å². The topological polar surface area (TPSA) is 131 Å². The summed E-state index contributed by atoms with van der Waals surface area (Å²) in [6.07, 6.45) is 3.23. The number of hydrogen-bond donors (Lipinski definition) is 2. The van der Waals surface area contributed by atoms with Crippen LogP contribution in [0.15, 0.2) is 65.0 Å². The Bertz CT molecular complexity index is 1080. The van der Waals surface area contributed by atoms with E-state index in [2.05, 4.69) is 4.98 Å². The van der Waals surface area contributed by atoms with Gasteiger partial charge in [0.15, 0.2) is 11.5 Å². The number of carbonyl (C=O) groups is 2. The summed E-state index contributed by atoms with van der Waals surface area (Å²) in [5.41, 5.74) is 0.938. The van der Waals surface area contributed by atoms with E-state index in [1.165, 1.54) is 41.6 Å². The molecule has 0 bridgehead atoms. The normalized spacial score (nSPS) is 17.3. The first-order chi connectivity index (χ1) is 13.6. The van der Waals surface area contributed by atoms with Crippen LogP contribution in [0.2, 0.25) is 0 Å². The Morgan fingerprint density at radius 2 is 1.76 bits per heavy atom. The summed E-state index contributed by atoms with van der Waals surface area (Å²) in [6, 6.07) is 7.83. The average molecular weight is 415 g/mol. The Hall–Kier alpha value is -3.04. The predicted molar refractivity (Wildman–Crippen MR) is 106 cm³/mol. The second kappa shape index (κ2) is 7.76. The van der Waals surface area contributed by atoms with Crippen molar-refractivity contribution in [3.63, 3.8) is 0 Å². The standard InChI is InChI=1S/C20H21N3O5S/c1-12(2)11-16(24)17-18(13-7-9-22-10-8-13)23(20(26)19(17)25)14-3-5-15(6-4-14)29(21,27)28/h3-10,12,18,25H,11H2,1-2H3,(H2,21,27,28). The summed E-state index contributed by atoms with van der Waals surface area (Å²) in [5.74, 6) is -1.62. The van der Waals surface area contributed by atoms with Gasteiger partial charge in [0.1, 0.15) is 0 Å². The molecular formula is C20H21N3O5S. The van der Waals surface area contributed by atoms with E-state index in [1.54, 1.807) is 12.1 Å². The van der Waals surface area contributed by atoms with Crippen molar-refractivity contribution in [3.05, 3.63) is 65.7 Å². The fraction of sp³-hybridized carbons (Fsp3) is 0.250. The number of aromatic nitrogens is 1. The minimum absolute atomic E-state index is 0.0189. The lowest BCUT2D eigenvalue weighted by molar-refractivity contribution is -0.118. The number of primary sulfonamides is 1. The zero-order valence-corrected chi connectivity index (χ0v) is 16.8. The molecular weight excluding hydrogens is 394 g/mol. The lowest BCUT2D eigenvalue weighted by atomic mass is 9.92. The first-order valence-corrected chi connectivity index (χ1v) is 10.5. The van der Waals surface area contributed by atoms with Crippen molar-refractivity contribution in [1.82, 2.24) is 4.98 Å². The number of amides is 1. The molecule has 1 amide bonds. The summed E-state index contributed by atoms with van der Waals surface area (Å²) < 4.78 is 23.0. The van der Waals surface area contributed by atoms with Crippen molar-refractivity contribution in [3.8, 4) is 0 Å². The molecule has 1 unspecified atom stereocenters. The summed E-state index contributed by atoms with van der Waals surface area (Å²) in [6.45, 7) is 3.74. The molecule has 2 heterocycles. The van der Waals surface area contributed by atoms with Gasteiger partial charge < -0.3 is 5.11 Å². The third kappa shape index (κ3) is 4.06. The van der Waals surface area contributed by atoms with Gasteiger partial charge in [-0.2, -0.15) is 0 Å². The fourth-order valence-electron chi connectivity index (χ4n) is 3.29. The van der Waals surface area contributed by atoms with Gasteiger partial charge in [0.05, 0.1) is 16.5 Å². The highest BCUT2D eigenvalue weighted by atomic mass is 32.2. The number of rotatable bonds is 6. The molecule has 3 rings (SSSR count). The number of ketones is 1. The Morgan fingerprint density at radius 1 is 1.17 bits per heavy atom. The van der Waals surface area contributed by atoms with Crippen LogP contribution in [-0.4, -0.2) is 30.2 Å². The molecule has 1 atom stereocenters. The molecule has 0 saturated heterocycles. The lowest BCUT2D eigenvalue weighted by Gasteiger charge is -2.27. The maximum absolute atomic E-state index is 12.9. The van der Waals surface area contributed by atoms with Crippen molar-refractivity contribution in [2.45, 2.75) is 31.2 Å². The van der Waals surface area contributed by atoms with Crippen molar-refractivity contribution in [2.24, 2.45) is 11.1 Å². The first-order valence-electron chi connectivity index (χ1n) is 8.94. The number of benzene rings is 1. The summed E-state index contributed by atoms with van der Waals surface area (Å²) in [4.78, 5) is 30.9. The Balaban J connectivity index is 2.11. The number of sulfonamides is 1. The number of carbonyl (C=O) groups excluding carboxylic acids is 2. The number of nitrogens with two attached hydrogens (primary N) is 1. The second-order valence-electron chi connectivity index (χ2n) is 7.18. The molecule has 3 N–H and O–H groups in total. The molecule has 1 aromatic carbocycles. The second-order valence-corrected chi connectivity index (χ2v) is 8.74. The monoisotopic (exact) mass is 415 g/mol. The molecule has 0 saturated carbocycles. The molecule has 0 radical (unpaired) electrons. The SMILES string of the molecule is CC(C)CC(=O)C1=C(O)C(=O)N(c2ccc(S(N)(=O)=O)cc2)C1c1ccncc1. The van der Waals surface area contributed by atoms with E-state index in [0.29, 0.717) is 11.3 Å². The largest absolute Gasteiger partial charge is 0.503 e. The summed E-state index contributed by atoms with van der Waals surface area (Å²) in [7, 11) is -3.90. The number of anilines is 1. The summed E-state index contributed by atoms with van der Waals surface area (Å²) >= 11 is 0. The molecule has 0 spiro atoms. The van der Waals surface area contributed by atoms with Crippen LogP contribution >= 0.6 is 0 Å². The van der Waals surface area contributed by atoms with Gasteiger partial charge in [0.25, 0.3) is 5.91 Å². The molecule has 1 aliphatic heterocycles. The zero-order valence-electron chi connectivity index (χ0n) is 15.9. The third-order valence-corrected chi connectivity index (χ3v) is 5.50. The molecule has 1 aliphatic rings. The minimum Gasteiger partial charge on any atom is -0.503 e. The van der Waals surface area contributed by atoms with Crippen molar-refractivity contribution < 1.29 is 23.1 Å². The van der Waals surface area contributed by atoms with E-state index in [9.17, 15) is 23.1 Å². The van der Waals surface area contributed by atoms with Gasteiger partial charge in [-0.05, 0) is 47.9 Å². The quantitative estimate of drug-likeness (QED) is 0.744. The number of aliphatic hydroxyl groups excluding tert-OH is 1. The van der Waals surface area contributed by atoms with Gasteiger partial charge in [-0.15, -0.1) is 0 Å². The maximum atomic E-state index is 12.9. The highest BCUT2D eigenvalue weighted by Gasteiger charge is 2.44. The third-order valence-electron chi connectivity index (χ3n) is 4.57. The number of Topliss-reactive ketones (excluding diaryl/α,β-unsaturated/α-hetero) is 1. The number of aliphatic hydroxyl groups is 1. The van der Waals surface area contributed by atoms with Crippen LogP contribution in [0.25, 0.3) is 0 Å². The fourth-order valence-corrected chi connectivity index (χ4v) is 3.81. The molecule has 0 aliphatic carbocycles. The van der Waals surface area contributed by atoms with Crippen molar-refractivity contribution in [1.29, 1.82) is 0 Å². The van der Waals surface area contributed by atoms with Crippen LogP contribution in [0, 0.1) is 5.92 Å². The molecule has 9 heteroatoms. The number of nitrogens with zero attached hydrogens (tertiary/aromatic N) is 2. The number of hydrogen-bond acceptors (Lipinski definition) is 6. The van der Waals surface area contributed by atoms with Crippen LogP contribution in [0.4, 0.5) is 5.69 Å². The smallest absolute Gasteiger partial charge is 0.294 e. The Labute approximate surface area is 168 Å². The molecule has 0 fully saturated rings. The summed E-state index contributed by atoms with van der Waals surface area (Å²) in [5, 5.41) is 15.7. The van der Waals surface area contributed by atoms with E-state index in [0.717, 1.165) is 0 Å². The average Bonchev–Trinajstić information content (AvgIpc) is 2.92. The molecule has 8 nitrogen and oxygen atoms in total. The highest BCUT2D eigenvalue weighted by molar-refractivity contribution is 7.89. The van der Waals surface area contributed by atoms with Crippen LogP contribution < -0.4 is 10.0 Å². The Kier molecular flexibility index (Phi) is 5.54. The van der Waals surface area contributed by atoms with Crippen LogP contribution in [0.1, 0.15) is 31.9 Å². The van der Waals surface area contributed by atoms with E-state index >= 15 is 0 Å². The van der Waals surface area contributed by atoms with Gasteiger partial charge >= 0.3 is 0 Å². The lowest BCUT2D eigenvalue weighted by Crippen LogP contribution is -2.31. The number of pyridine rings is 1.